The second-order valence-electron chi connectivity index (χ2n) is 7.91. The number of nitrogens with zero attached hydrogens (tertiary/aromatic N) is 1. The van der Waals surface area contributed by atoms with Crippen molar-refractivity contribution in [3.05, 3.63) is 59.8 Å². The molecule has 0 saturated carbocycles. The second kappa shape index (κ2) is 11.8. The molecule has 2 aromatic carbocycles. The number of anilines is 2. The fraction of sp³-hybridized carbons (Fsp3) is 0.320. The zero-order chi connectivity index (χ0) is 25.4. The number of carbonyl (C=O) groups excluding carboxylic acids is 1. The number of H-pyrrole nitrogens is 1. The third-order valence-corrected chi connectivity index (χ3v) is 5.81. The average Bonchev–Trinajstić information content (AvgIpc) is 3.11. The number of para-hydroxylation sites is 2. The Morgan fingerprint density at radius 3 is 2.69 bits per heavy atom. The van der Waals surface area contributed by atoms with Gasteiger partial charge in [-0.3, -0.25) is 4.72 Å². The van der Waals surface area contributed by atoms with E-state index >= 15 is 0 Å². The van der Waals surface area contributed by atoms with Gasteiger partial charge in [0.05, 0.1) is 37.4 Å². The minimum Gasteiger partial charge on any atom is -0.492 e. The molecule has 0 unspecified atom stereocenters. The summed E-state index contributed by atoms with van der Waals surface area (Å²) in [6, 6.07) is 12.7. The van der Waals surface area contributed by atoms with Crippen molar-refractivity contribution in [3.63, 3.8) is 0 Å². The summed E-state index contributed by atoms with van der Waals surface area (Å²) in [5.41, 5.74) is 3.79. The molecule has 0 fully saturated rings. The number of aryl methyl sites for hydroxylation is 1. The standard InChI is InChI=1S/C25H31N3O6S/c1-4-33-25(30)12-11-20-18(2)26-23-17-19(9-10-21(20)23)34-16-14-28(13-15-29)24-8-6-5-7-22(24)27-35(3,31)32/h5-12,17,26-27,29H,4,13-16H2,1-3H3/b12-11+. The Kier molecular flexibility index (Phi) is 8.78. The van der Waals surface area contributed by atoms with Gasteiger partial charge in [0.2, 0.25) is 10.0 Å². The van der Waals surface area contributed by atoms with Crippen LogP contribution in [0.4, 0.5) is 11.4 Å². The molecule has 0 spiro atoms. The van der Waals surface area contributed by atoms with Crippen LogP contribution in [0.2, 0.25) is 0 Å². The molecule has 3 rings (SSSR count). The molecule has 1 aromatic heterocycles. The first-order valence-corrected chi connectivity index (χ1v) is 13.1. The maximum atomic E-state index is 11.7. The summed E-state index contributed by atoms with van der Waals surface area (Å²) in [4.78, 5) is 16.8. The van der Waals surface area contributed by atoms with Gasteiger partial charge in [0.15, 0.2) is 0 Å². The SMILES string of the molecule is CCOC(=O)/C=C/c1c(C)[nH]c2cc(OCCN(CCO)c3ccccc3NS(C)(=O)=O)ccc12. The van der Waals surface area contributed by atoms with Crippen LogP contribution in [0, 0.1) is 6.92 Å². The Labute approximate surface area is 205 Å². The number of aliphatic hydroxyl groups is 1. The molecule has 0 atom stereocenters. The zero-order valence-electron chi connectivity index (χ0n) is 20.1. The number of aliphatic hydroxyl groups excluding tert-OH is 1. The van der Waals surface area contributed by atoms with Crippen molar-refractivity contribution in [1.82, 2.24) is 4.98 Å². The molecule has 9 nitrogen and oxygen atoms in total. The van der Waals surface area contributed by atoms with Crippen molar-refractivity contribution >= 4 is 44.3 Å². The lowest BCUT2D eigenvalue weighted by Crippen LogP contribution is -2.32. The van der Waals surface area contributed by atoms with E-state index in [4.69, 9.17) is 9.47 Å². The number of aromatic nitrogens is 1. The number of ether oxygens (including phenoxy) is 2. The van der Waals surface area contributed by atoms with E-state index in [0.717, 1.165) is 28.4 Å². The highest BCUT2D eigenvalue weighted by molar-refractivity contribution is 7.92. The maximum absolute atomic E-state index is 11.7. The average molecular weight is 502 g/mol. The largest absolute Gasteiger partial charge is 0.492 e. The molecule has 0 aliphatic carbocycles. The van der Waals surface area contributed by atoms with Crippen LogP contribution in [-0.4, -0.2) is 63.6 Å². The summed E-state index contributed by atoms with van der Waals surface area (Å²) >= 11 is 0. The van der Waals surface area contributed by atoms with Crippen LogP contribution in [-0.2, 0) is 19.6 Å². The van der Waals surface area contributed by atoms with E-state index in [1.54, 1.807) is 31.2 Å². The summed E-state index contributed by atoms with van der Waals surface area (Å²) < 4.78 is 36.9. The van der Waals surface area contributed by atoms with Crippen LogP contribution >= 0.6 is 0 Å². The van der Waals surface area contributed by atoms with Gasteiger partial charge in [-0.15, -0.1) is 0 Å². The molecule has 1 heterocycles. The van der Waals surface area contributed by atoms with Gasteiger partial charge in [-0.2, -0.15) is 0 Å². The van der Waals surface area contributed by atoms with Crippen LogP contribution in [0.3, 0.4) is 0 Å². The first-order valence-electron chi connectivity index (χ1n) is 11.2. The summed E-state index contributed by atoms with van der Waals surface area (Å²) in [5.74, 6) is 0.271. The second-order valence-corrected chi connectivity index (χ2v) is 9.66. The number of benzene rings is 2. The number of nitrogens with one attached hydrogen (secondary N) is 2. The van der Waals surface area contributed by atoms with Crippen LogP contribution < -0.4 is 14.4 Å². The minimum atomic E-state index is -3.45. The maximum Gasteiger partial charge on any atom is 0.330 e. The molecule has 0 bridgehead atoms. The quantitative estimate of drug-likeness (QED) is 0.257. The van der Waals surface area contributed by atoms with E-state index in [1.165, 1.54) is 6.08 Å². The third kappa shape index (κ3) is 7.24. The smallest absolute Gasteiger partial charge is 0.330 e. The Bertz CT molecular complexity index is 1300. The third-order valence-electron chi connectivity index (χ3n) is 5.22. The topological polar surface area (TPSA) is 121 Å². The molecule has 3 aromatic rings. The molecular formula is C25H31N3O6S. The Balaban J connectivity index is 1.71. The lowest BCUT2D eigenvalue weighted by Gasteiger charge is -2.26. The highest BCUT2D eigenvalue weighted by atomic mass is 32.2. The monoisotopic (exact) mass is 501 g/mol. The van der Waals surface area contributed by atoms with Crippen LogP contribution in [0.15, 0.2) is 48.5 Å². The molecule has 0 aliphatic rings. The van der Waals surface area contributed by atoms with Crippen molar-refractivity contribution in [2.45, 2.75) is 13.8 Å². The summed E-state index contributed by atoms with van der Waals surface area (Å²) in [6.45, 7) is 4.98. The molecule has 0 aliphatic heterocycles. The van der Waals surface area contributed by atoms with Crippen LogP contribution in [0.25, 0.3) is 17.0 Å². The molecule has 0 radical (unpaired) electrons. The Morgan fingerprint density at radius 2 is 1.97 bits per heavy atom. The summed E-state index contributed by atoms with van der Waals surface area (Å²) in [6.07, 6.45) is 4.25. The fourth-order valence-corrected chi connectivity index (χ4v) is 4.33. The Morgan fingerprint density at radius 1 is 1.20 bits per heavy atom. The lowest BCUT2D eigenvalue weighted by atomic mass is 10.1. The van der Waals surface area contributed by atoms with E-state index in [1.807, 2.05) is 36.1 Å². The molecular weight excluding hydrogens is 470 g/mol. The predicted molar refractivity (Wildman–Crippen MR) is 138 cm³/mol. The molecule has 188 valence electrons. The van der Waals surface area contributed by atoms with Crippen molar-refractivity contribution in [3.8, 4) is 5.75 Å². The fourth-order valence-electron chi connectivity index (χ4n) is 3.76. The Hall–Kier alpha value is -3.50. The highest BCUT2D eigenvalue weighted by Crippen LogP contribution is 2.28. The van der Waals surface area contributed by atoms with Crippen LogP contribution in [0.1, 0.15) is 18.2 Å². The number of carbonyl (C=O) groups is 1. The van der Waals surface area contributed by atoms with Gasteiger partial charge in [0.1, 0.15) is 12.4 Å². The van der Waals surface area contributed by atoms with E-state index in [2.05, 4.69) is 9.71 Å². The van der Waals surface area contributed by atoms with Gasteiger partial charge in [-0.1, -0.05) is 12.1 Å². The highest BCUT2D eigenvalue weighted by Gasteiger charge is 2.14. The number of sulfonamides is 1. The van der Waals surface area contributed by atoms with Gasteiger partial charge in [0, 0.05) is 40.8 Å². The first kappa shape index (κ1) is 26.1. The molecule has 0 saturated heterocycles. The molecule has 0 amide bonds. The predicted octanol–water partition coefficient (Wildman–Crippen LogP) is 3.30. The van der Waals surface area contributed by atoms with Crippen molar-refractivity contribution < 1.29 is 27.8 Å². The number of hydrogen-bond donors (Lipinski definition) is 3. The van der Waals surface area contributed by atoms with Crippen molar-refractivity contribution in [1.29, 1.82) is 0 Å². The molecule has 10 heteroatoms. The van der Waals surface area contributed by atoms with E-state index < -0.39 is 10.0 Å². The molecule has 3 N–H and O–H groups in total. The minimum absolute atomic E-state index is 0.0942. The lowest BCUT2D eigenvalue weighted by molar-refractivity contribution is -0.137. The normalized spacial score (nSPS) is 11.7. The number of fused-ring (bicyclic) bond motifs is 1. The number of rotatable bonds is 12. The summed E-state index contributed by atoms with van der Waals surface area (Å²) in [7, 11) is -3.45. The van der Waals surface area contributed by atoms with Gasteiger partial charge < -0.3 is 24.5 Å². The van der Waals surface area contributed by atoms with Gasteiger partial charge in [0.25, 0.3) is 0 Å². The van der Waals surface area contributed by atoms with Crippen LogP contribution in [0.5, 0.6) is 5.75 Å². The van der Waals surface area contributed by atoms with E-state index in [9.17, 15) is 18.3 Å². The van der Waals surface area contributed by atoms with Crippen molar-refractivity contribution in [2.75, 3.05) is 48.8 Å². The van der Waals surface area contributed by atoms with E-state index in [0.29, 0.717) is 43.4 Å². The number of esters is 1. The molecule has 35 heavy (non-hydrogen) atoms. The first-order chi connectivity index (χ1) is 16.7. The number of aromatic amines is 1. The number of hydrogen-bond acceptors (Lipinski definition) is 7. The summed E-state index contributed by atoms with van der Waals surface area (Å²) in [5, 5.41) is 10.5. The van der Waals surface area contributed by atoms with Crippen molar-refractivity contribution in [2.24, 2.45) is 0 Å². The van der Waals surface area contributed by atoms with E-state index in [-0.39, 0.29) is 12.6 Å². The van der Waals surface area contributed by atoms with Gasteiger partial charge in [-0.05, 0) is 44.2 Å². The van der Waals surface area contributed by atoms with Gasteiger partial charge >= 0.3 is 5.97 Å². The van der Waals surface area contributed by atoms with Gasteiger partial charge in [-0.25, -0.2) is 13.2 Å². The zero-order valence-corrected chi connectivity index (χ0v) is 20.9.